The van der Waals surface area contributed by atoms with Gasteiger partial charge in [-0.25, -0.2) is 8.78 Å². The molecule has 0 saturated carbocycles. The van der Waals surface area contributed by atoms with Crippen LogP contribution in [0.4, 0.5) is 8.78 Å². The molecular weight excluding hydrogens is 239 g/mol. The zero-order valence-corrected chi connectivity index (χ0v) is 8.49. The van der Waals surface area contributed by atoms with Crippen molar-refractivity contribution in [3.8, 4) is 0 Å². The molecule has 3 nitrogen and oxygen atoms in total. The number of rotatable bonds is 3. The van der Waals surface area contributed by atoms with Crippen molar-refractivity contribution >= 4 is 24.0 Å². The van der Waals surface area contributed by atoms with Gasteiger partial charge in [0.15, 0.2) is 5.22 Å². The monoisotopic (exact) mass is 247 g/mol. The van der Waals surface area contributed by atoms with Gasteiger partial charge in [-0.15, -0.1) is 12.4 Å². The number of hydrogen-bond donors (Lipinski definition) is 2. The maximum Gasteiger partial charge on any atom is 0.292 e. The maximum atomic E-state index is 12.8. The van der Waals surface area contributed by atoms with Crippen LogP contribution in [0, 0.1) is 0 Å². The molecule has 1 atom stereocenters. The molecule has 1 aromatic heterocycles. The van der Waals surface area contributed by atoms with E-state index < -0.39 is 18.6 Å². The summed E-state index contributed by atoms with van der Waals surface area (Å²) in [6.07, 6.45) is 0. The lowest BCUT2D eigenvalue weighted by molar-refractivity contribution is -0.0754. The Hall–Kier alpha value is -0.360. The van der Waals surface area contributed by atoms with Gasteiger partial charge in [-0.05, 0) is 23.7 Å². The summed E-state index contributed by atoms with van der Waals surface area (Å²) in [5.74, 6) is -3.55. The molecule has 0 aliphatic heterocycles. The summed E-state index contributed by atoms with van der Waals surface area (Å²) in [6.45, 7) is -1.33. The maximum absolute atomic E-state index is 12.8. The highest BCUT2D eigenvalue weighted by Crippen LogP contribution is 2.30. The van der Waals surface area contributed by atoms with Crippen LogP contribution in [0.1, 0.15) is 11.8 Å². The number of aliphatic hydroxyl groups excluding tert-OH is 1. The molecule has 0 fully saturated rings. The van der Waals surface area contributed by atoms with E-state index in [1.807, 2.05) is 0 Å². The van der Waals surface area contributed by atoms with Crippen LogP contribution < -0.4 is 5.73 Å². The van der Waals surface area contributed by atoms with E-state index in [9.17, 15) is 8.78 Å². The van der Waals surface area contributed by atoms with Crippen molar-refractivity contribution in [1.82, 2.24) is 0 Å². The van der Waals surface area contributed by atoms with Crippen molar-refractivity contribution in [3.05, 3.63) is 23.1 Å². The average molecular weight is 248 g/mol. The summed E-state index contributed by atoms with van der Waals surface area (Å²) < 4.78 is 30.2. The van der Waals surface area contributed by atoms with Crippen molar-refractivity contribution in [1.29, 1.82) is 0 Å². The fourth-order valence-electron chi connectivity index (χ4n) is 0.802. The lowest BCUT2D eigenvalue weighted by atomic mass is 10.1. The minimum atomic E-state index is -3.40. The summed E-state index contributed by atoms with van der Waals surface area (Å²) in [5, 5.41) is 8.31. The summed E-state index contributed by atoms with van der Waals surface area (Å²) >= 11 is 5.37. The van der Waals surface area contributed by atoms with Crippen molar-refractivity contribution in [2.45, 2.75) is 12.0 Å². The minimum absolute atomic E-state index is 0. The molecule has 1 rings (SSSR count). The number of aliphatic hydroxyl groups is 1. The Labute approximate surface area is 90.2 Å². The predicted octanol–water partition coefficient (Wildman–Crippen LogP) is 1.98. The van der Waals surface area contributed by atoms with E-state index in [2.05, 4.69) is 4.42 Å². The van der Waals surface area contributed by atoms with Gasteiger partial charge in [0.2, 0.25) is 0 Å². The van der Waals surface area contributed by atoms with Gasteiger partial charge in [-0.3, -0.25) is 0 Å². The summed E-state index contributed by atoms with van der Waals surface area (Å²) in [5.41, 5.74) is 5.13. The quantitative estimate of drug-likeness (QED) is 0.859. The molecule has 14 heavy (non-hydrogen) atoms. The highest BCUT2D eigenvalue weighted by Gasteiger charge is 2.39. The van der Waals surface area contributed by atoms with Crippen LogP contribution in [0.15, 0.2) is 16.5 Å². The molecule has 0 aliphatic rings. The standard InChI is InChI=1S/C7H8ClF2NO2.ClH/c8-5-2-1-4(13-5)6(11)7(9,10)3-12;/h1-2,6,12H,3,11H2;1H/t6-;/m1./s1. The molecular formula is C7H9Cl2F2NO2. The van der Waals surface area contributed by atoms with Crippen molar-refractivity contribution in [3.63, 3.8) is 0 Å². The minimum Gasteiger partial charge on any atom is -0.448 e. The average Bonchev–Trinajstić information content (AvgIpc) is 2.50. The van der Waals surface area contributed by atoms with E-state index in [0.717, 1.165) is 0 Å². The Bertz CT molecular complexity index is 293. The second kappa shape index (κ2) is 4.93. The van der Waals surface area contributed by atoms with Gasteiger partial charge in [0.25, 0.3) is 5.92 Å². The van der Waals surface area contributed by atoms with Gasteiger partial charge in [0.05, 0.1) is 0 Å². The van der Waals surface area contributed by atoms with Crippen LogP contribution in [-0.2, 0) is 0 Å². The van der Waals surface area contributed by atoms with Gasteiger partial charge < -0.3 is 15.3 Å². The first-order valence-corrected chi connectivity index (χ1v) is 3.84. The van der Waals surface area contributed by atoms with E-state index in [1.165, 1.54) is 12.1 Å². The van der Waals surface area contributed by atoms with E-state index in [1.54, 1.807) is 0 Å². The van der Waals surface area contributed by atoms with Gasteiger partial charge in [0.1, 0.15) is 18.4 Å². The van der Waals surface area contributed by atoms with Crippen molar-refractivity contribution in [2.75, 3.05) is 6.61 Å². The zero-order chi connectivity index (χ0) is 10.1. The molecule has 0 bridgehead atoms. The molecule has 0 unspecified atom stereocenters. The molecule has 3 N–H and O–H groups in total. The van der Waals surface area contributed by atoms with Gasteiger partial charge in [-0.2, -0.15) is 0 Å². The van der Waals surface area contributed by atoms with E-state index in [-0.39, 0.29) is 23.4 Å². The first-order chi connectivity index (χ1) is 5.97. The van der Waals surface area contributed by atoms with Crippen LogP contribution in [-0.4, -0.2) is 17.6 Å². The second-order valence-electron chi connectivity index (χ2n) is 2.54. The summed E-state index contributed by atoms with van der Waals surface area (Å²) in [6, 6.07) is 0.880. The number of alkyl halides is 2. The number of halogens is 4. The van der Waals surface area contributed by atoms with Crippen LogP contribution in [0.2, 0.25) is 5.22 Å². The Morgan fingerprint density at radius 2 is 2.14 bits per heavy atom. The number of hydrogen-bond acceptors (Lipinski definition) is 3. The fourth-order valence-corrected chi connectivity index (χ4v) is 0.954. The molecule has 0 radical (unpaired) electrons. The topological polar surface area (TPSA) is 59.4 Å². The molecule has 0 saturated heterocycles. The number of nitrogens with two attached hydrogens (primary N) is 1. The second-order valence-corrected chi connectivity index (χ2v) is 2.91. The van der Waals surface area contributed by atoms with Crippen molar-refractivity contribution in [2.24, 2.45) is 5.73 Å². The number of furan rings is 1. The predicted molar refractivity (Wildman–Crippen MR) is 49.9 cm³/mol. The third-order valence-corrected chi connectivity index (χ3v) is 1.77. The molecule has 0 aromatic carbocycles. The van der Waals surface area contributed by atoms with Crippen LogP contribution in [0.5, 0.6) is 0 Å². The Balaban J connectivity index is 0.00000169. The zero-order valence-electron chi connectivity index (χ0n) is 6.91. The third-order valence-electron chi connectivity index (χ3n) is 1.57. The Morgan fingerprint density at radius 1 is 1.57 bits per heavy atom. The molecule has 0 amide bonds. The molecule has 1 aromatic rings. The largest absolute Gasteiger partial charge is 0.448 e. The lowest BCUT2D eigenvalue weighted by Gasteiger charge is -2.18. The van der Waals surface area contributed by atoms with Crippen molar-refractivity contribution < 1.29 is 18.3 Å². The molecule has 82 valence electrons. The third kappa shape index (κ3) is 2.81. The highest BCUT2D eigenvalue weighted by molar-refractivity contribution is 6.28. The van der Waals surface area contributed by atoms with Gasteiger partial charge >= 0.3 is 0 Å². The first-order valence-electron chi connectivity index (χ1n) is 3.47. The van der Waals surface area contributed by atoms with Crippen LogP contribution in [0.25, 0.3) is 0 Å². The summed E-state index contributed by atoms with van der Waals surface area (Å²) in [7, 11) is 0. The molecule has 0 aliphatic carbocycles. The molecule has 1 heterocycles. The highest BCUT2D eigenvalue weighted by atomic mass is 35.5. The van der Waals surface area contributed by atoms with E-state index >= 15 is 0 Å². The molecule has 7 heteroatoms. The van der Waals surface area contributed by atoms with Crippen LogP contribution in [0.3, 0.4) is 0 Å². The Kier molecular flexibility index (Phi) is 4.80. The van der Waals surface area contributed by atoms with E-state index in [0.29, 0.717) is 0 Å². The molecule has 0 spiro atoms. The summed E-state index contributed by atoms with van der Waals surface area (Å²) in [4.78, 5) is 0. The van der Waals surface area contributed by atoms with E-state index in [4.69, 9.17) is 22.4 Å². The van der Waals surface area contributed by atoms with Crippen LogP contribution >= 0.6 is 24.0 Å². The SMILES string of the molecule is Cl.N[C@H](c1ccc(Cl)o1)C(F)(F)CO. The van der Waals surface area contributed by atoms with Gasteiger partial charge in [-0.1, -0.05) is 0 Å². The first kappa shape index (κ1) is 13.6. The van der Waals surface area contributed by atoms with Gasteiger partial charge in [0, 0.05) is 0 Å². The Morgan fingerprint density at radius 3 is 2.50 bits per heavy atom. The fraction of sp³-hybridized carbons (Fsp3) is 0.429. The lowest BCUT2D eigenvalue weighted by Crippen LogP contribution is -2.35. The normalized spacial score (nSPS) is 13.5. The smallest absolute Gasteiger partial charge is 0.292 e.